The highest BCUT2D eigenvalue weighted by Gasteiger charge is 2.81. The molecule has 2 rings (SSSR count). The van der Waals surface area contributed by atoms with Crippen LogP contribution in [0, 0.1) is 0 Å². The molecule has 2 aromatic rings. The number of esters is 1. The molecule has 0 spiro atoms. The number of hydrogen-bond acceptors (Lipinski definition) is 6. The van der Waals surface area contributed by atoms with Crippen molar-refractivity contribution in [3.63, 3.8) is 0 Å². The van der Waals surface area contributed by atoms with Gasteiger partial charge in [0.1, 0.15) is 11.1 Å². The second kappa shape index (κ2) is 8.43. The molecule has 0 bridgehead atoms. The Morgan fingerprint density at radius 2 is 1.66 bits per heavy atom. The second-order valence-electron chi connectivity index (χ2n) is 6.32. The van der Waals surface area contributed by atoms with Gasteiger partial charge in [-0.3, -0.25) is 4.79 Å². The van der Waals surface area contributed by atoms with Crippen molar-refractivity contribution in [2.24, 2.45) is 0 Å². The Hall–Kier alpha value is -3.13. The Labute approximate surface area is 172 Å². The molecule has 1 heterocycles. The Balaban J connectivity index is 2.18. The predicted octanol–water partition coefficient (Wildman–Crippen LogP) is 4.60. The van der Waals surface area contributed by atoms with Gasteiger partial charge < -0.3 is 9.26 Å². The van der Waals surface area contributed by atoms with E-state index in [1.165, 1.54) is 18.2 Å². The maximum absolute atomic E-state index is 13.5. The molecule has 176 valence electrons. The number of fused-ring (bicyclic) bond motifs is 1. The van der Waals surface area contributed by atoms with Crippen molar-refractivity contribution in [1.82, 2.24) is 10.4 Å². The zero-order valence-corrected chi connectivity index (χ0v) is 15.7. The van der Waals surface area contributed by atoms with Crippen LogP contribution in [0.15, 0.2) is 28.3 Å². The molecule has 6 nitrogen and oxygen atoms in total. The second-order valence-corrected chi connectivity index (χ2v) is 6.32. The van der Waals surface area contributed by atoms with Crippen molar-refractivity contribution in [2.45, 2.75) is 37.3 Å². The van der Waals surface area contributed by atoms with Crippen molar-refractivity contribution in [3.8, 4) is 0 Å². The highest BCUT2D eigenvalue weighted by molar-refractivity contribution is 6.20. The summed E-state index contributed by atoms with van der Waals surface area (Å²) in [5, 5.41) is 6.83. The average Bonchev–Trinajstić information content (AvgIpc) is 3.13. The first-order valence-corrected chi connectivity index (χ1v) is 8.34. The lowest BCUT2D eigenvalue weighted by molar-refractivity contribution is -0.397. The lowest BCUT2D eigenvalue weighted by atomic mass is 10.0. The third-order valence-corrected chi connectivity index (χ3v) is 4.07. The van der Waals surface area contributed by atoms with Crippen LogP contribution in [0.3, 0.4) is 0 Å². The summed E-state index contributed by atoms with van der Waals surface area (Å²) in [6, 6.07) is 4.18. The van der Waals surface area contributed by atoms with Crippen LogP contribution in [0.4, 0.5) is 39.5 Å². The van der Waals surface area contributed by atoms with E-state index in [9.17, 15) is 49.1 Å². The summed E-state index contributed by atoms with van der Waals surface area (Å²) in [6.45, 7) is -0.837. The monoisotopic (exact) mass is 478 g/mol. The van der Waals surface area contributed by atoms with E-state index in [0.717, 1.165) is 13.0 Å². The fraction of sp³-hybridized carbons (Fsp3) is 0.412. The molecule has 0 amide bonds. The molecule has 0 saturated heterocycles. The summed E-state index contributed by atoms with van der Waals surface area (Å²) >= 11 is 0. The first kappa shape index (κ1) is 25.1. The number of Topliss-reactive ketones (excluding diaryl/α,β-unsaturated/α-hetero) is 1. The Kier molecular flexibility index (Phi) is 6.62. The molecule has 15 heteroatoms. The van der Waals surface area contributed by atoms with Gasteiger partial charge in [-0.05, 0) is 19.1 Å². The number of aromatic nitrogens is 2. The van der Waals surface area contributed by atoms with Crippen molar-refractivity contribution in [1.29, 1.82) is 0 Å². The lowest BCUT2D eigenvalue weighted by Gasteiger charge is -2.33. The molecule has 0 aliphatic rings. The Morgan fingerprint density at radius 1 is 1.03 bits per heavy atom. The first-order valence-electron chi connectivity index (χ1n) is 8.34. The summed E-state index contributed by atoms with van der Waals surface area (Å²) in [4.78, 5) is 23.7. The smallest absolute Gasteiger partial charge is 0.460 e. The van der Waals surface area contributed by atoms with Gasteiger partial charge in [0.25, 0.3) is 0 Å². The molecule has 32 heavy (non-hydrogen) atoms. The maximum atomic E-state index is 13.5. The molecule has 0 radical (unpaired) electrons. The number of benzene rings is 1. The molecule has 1 aromatic heterocycles. The van der Waals surface area contributed by atoms with Crippen LogP contribution in [0.2, 0.25) is 0 Å². The van der Waals surface area contributed by atoms with E-state index < -0.39 is 54.3 Å². The number of carbonyl (C=O) groups excluding carboxylic acids is 2. The van der Waals surface area contributed by atoms with E-state index in [4.69, 9.17) is 4.52 Å². The molecule has 0 N–H and O–H groups in total. The Bertz CT molecular complexity index is 1040. The molecule has 0 saturated carbocycles. The van der Waals surface area contributed by atoms with E-state index >= 15 is 0 Å². The van der Waals surface area contributed by atoms with E-state index in [1.54, 1.807) is 0 Å². The zero-order valence-electron chi connectivity index (χ0n) is 15.7. The lowest BCUT2D eigenvalue weighted by Crippen LogP contribution is -2.61. The number of nitrogens with zero attached hydrogens (tertiary/aromatic N) is 2. The van der Waals surface area contributed by atoms with Gasteiger partial charge >= 0.3 is 29.9 Å². The van der Waals surface area contributed by atoms with Gasteiger partial charge in [0.05, 0.1) is 13.0 Å². The first-order chi connectivity index (χ1) is 14.5. The number of ketones is 1. The number of alkyl halides is 9. The van der Waals surface area contributed by atoms with Crippen molar-refractivity contribution >= 4 is 28.9 Å². The molecule has 0 aliphatic carbocycles. The van der Waals surface area contributed by atoms with Crippen LogP contribution in [-0.2, 0) is 14.3 Å². The normalized spacial score (nSPS) is 14.0. The molecule has 0 atom stereocenters. The standard InChI is InChI=1S/C17H11F9N2O4/c1-8(29)10(7-9-3-2-4-11-12(9)27-28-32-11)13(30)31-6-5-14(18,19)15(20,21)16(22,23)17(24,25)26/h2-4,7H,5-6H2,1H3. The Morgan fingerprint density at radius 3 is 2.22 bits per heavy atom. The van der Waals surface area contributed by atoms with Crippen molar-refractivity contribution in [3.05, 3.63) is 29.3 Å². The minimum Gasteiger partial charge on any atom is -0.462 e. The minimum absolute atomic E-state index is 0.0830. The molecular weight excluding hydrogens is 467 g/mol. The number of ether oxygens (including phenoxy) is 1. The van der Waals surface area contributed by atoms with Crippen LogP contribution >= 0.6 is 0 Å². The van der Waals surface area contributed by atoms with Gasteiger partial charge in [0, 0.05) is 10.8 Å². The zero-order chi connectivity index (χ0) is 24.5. The van der Waals surface area contributed by atoms with Crippen molar-refractivity contribution < 1.29 is 58.4 Å². The average molecular weight is 478 g/mol. The van der Waals surface area contributed by atoms with E-state index in [2.05, 4.69) is 15.1 Å². The van der Waals surface area contributed by atoms with Crippen LogP contribution in [0.5, 0.6) is 0 Å². The highest BCUT2D eigenvalue weighted by Crippen LogP contribution is 2.53. The number of rotatable bonds is 8. The number of carbonyl (C=O) groups is 2. The molecule has 1 aromatic carbocycles. The number of halogens is 9. The molecule has 0 fully saturated rings. The van der Waals surface area contributed by atoms with Gasteiger partial charge in [-0.2, -0.15) is 39.5 Å². The fourth-order valence-electron chi connectivity index (χ4n) is 2.32. The minimum atomic E-state index is -7.05. The molecular formula is C17H11F9N2O4. The van der Waals surface area contributed by atoms with Gasteiger partial charge in [0.2, 0.25) is 0 Å². The highest BCUT2D eigenvalue weighted by atomic mass is 19.4. The van der Waals surface area contributed by atoms with Crippen molar-refractivity contribution in [2.75, 3.05) is 6.61 Å². The maximum Gasteiger partial charge on any atom is 0.460 e. The van der Waals surface area contributed by atoms with Gasteiger partial charge in [0.15, 0.2) is 11.4 Å². The molecule has 0 aliphatic heterocycles. The van der Waals surface area contributed by atoms with Crippen LogP contribution in [0.25, 0.3) is 17.2 Å². The SMILES string of the molecule is CC(=O)C(=Cc1cccc2onnc12)C(=O)OCCC(F)(F)C(F)(F)C(F)(F)C(F)(F)F. The fourth-order valence-corrected chi connectivity index (χ4v) is 2.32. The summed E-state index contributed by atoms with van der Waals surface area (Å²) in [5.41, 5.74) is -0.467. The summed E-state index contributed by atoms with van der Waals surface area (Å²) in [7, 11) is 0. The van der Waals surface area contributed by atoms with Crippen LogP contribution in [-0.4, -0.2) is 52.7 Å². The third-order valence-electron chi connectivity index (χ3n) is 4.07. The topological polar surface area (TPSA) is 82.3 Å². The van der Waals surface area contributed by atoms with E-state index in [0.29, 0.717) is 0 Å². The summed E-state index contributed by atoms with van der Waals surface area (Å²) < 4.78 is 124. The summed E-state index contributed by atoms with van der Waals surface area (Å²) in [5.74, 6) is -22.4. The molecule has 0 unspecified atom stereocenters. The van der Waals surface area contributed by atoms with Gasteiger partial charge in [-0.1, -0.05) is 12.1 Å². The van der Waals surface area contributed by atoms with Crippen LogP contribution in [0.1, 0.15) is 18.9 Å². The van der Waals surface area contributed by atoms with E-state index in [-0.39, 0.29) is 16.7 Å². The number of hydrogen-bond donors (Lipinski definition) is 0. The van der Waals surface area contributed by atoms with Crippen LogP contribution < -0.4 is 0 Å². The quantitative estimate of drug-likeness (QED) is 0.181. The van der Waals surface area contributed by atoms with Gasteiger partial charge in [-0.15, -0.1) is 5.10 Å². The van der Waals surface area contributed by atoms with Gasteiger partial charge in [-0.25, -0.2) is 4.79 Å². The summed E-state index contributed by atoms with van der Waals surface area (Å²) in [6.07, 6.45) is -8.45. The van der Waals surface area contributed by atoms with E-state index in [1.807, 2.05) is 0 Å². The third kappa shape index (κ3) is 4.55. The predicted molar refractivity (Wildman–Crippen MR) is 86.9 cm³/mol. The largest absolute Gasteiger partial charge is 0.462 e.